The molecule has 0 bridgehead atoms. The number of nitrogens with one attached hydrogen (secondary N) is 1. The van der Waals surface area contributed by atoms with Crippen LogP contribution in [0.25, 0.3) is 0 Å². The summed E-state index contributed by atoms with van der Waals surface area (Å²) in [5.41, 5.74) is 3.25. The maximum atomic E-state index is 12.6. The maximum absolute atomic E-state index is 12.6. The van der Waals surface area contributed by atoms with Crippen molar-refractivity contribution >= 4 is 21.6 Å². The van der Waals surface area contributed by atoms with Gasteiger partial charge in [0.2, 0.25) is 15.9 Å². The average Bonchev–Trinajstić information content (AvgIpc) is 2.66. The van der Waals surface area contributed by atoms with Crippen LogP contribution in [-0.2, 0) is 33.5 Å². The van der Waals surface area contributed by atoms with Gasteiger partial charge in [0.05, 0.1) is 12.9 Å². The molecule has 0 saturated heterocycles. The number of benzene rings is 2. The first-order valence-electron chi connectivity index (χ1n) is 8.94. The molecule has 0 fully saturated rings. The van der Waals surface area contributed by atoms with Gasteiger partial charge in [-0.05, 0) is 35.7 Å². The lowest BCUT2D eigenvalue weighted by molar-refractivity contribution is -0.131. The zero-order valence-electron chi connectivity index (χ0n) is 15.6. The van der Waals surface area contributed by atoms with Crippen molar-refractivity contribution in [3.05, 3.63) is 59.2 Å². The molecule has 0 spiro atoms. The SMILES string of the molecule is CCC(=O)N1CCc2ccc(NS(=O)(=O)Cc3ccccc3OC)cc2C1. The summed E-state index contributed by atoms with van der Waals surface area (Å²) in [6.07, 6.45) is 1.26. The van der Waals surface area contributed by atoms with Crippen LogP contribution in [0.4, 0.5) is 5.69 Å². The molecule has 7 heteroatoms. The van der Waals surface area contributed by atoms with E-state index in [4.69, 9.17) is 4.74 Å². The first-order chi connectivity index (χ1) is 12.9. The first kappa shape index (κ1) is 19.2. The Morgan fingerprint density at radius 1 is 1.19 bits per heavy atom. The summed E-state index contributed by atoms with van der Waals surface area (Å²) in [6, 6.07) is 12.6. The molecule has 27 heavy (non-hydrogen) atoms. The second-order valence-electron chi connectivity index (χ2n) is 6.58. The molecule has 1 N–H and O–H groups in total. The molecule has 0 aliphatic carbocycles. The van der Waals surface area contributed by atoms with E-state index in [1.165, 1.54) is 7.11 Å². The largest absolute Gasteiger partial charge is 0.496 e. The highest BCUT2D eigenvalue weighted by molar-refractivity contribution is 7.91. The van der Waals surface area contributed by atoms with E-state index in [-0.39, 0.29) is 11.7 Å². The maximum Gasteiger partial charge on any atom is 0.237 e. The molecular weight excluding hydrogens is 364 g/mol. The van der Waals surface area contributed by atoms with Crippen LogP contribution in [0.15, 0.2) is 42.5 Å². The molecule has 2 aromatic rings. The van der Waals surface area contributed by atoms with Gasteiger partial charge >= 0.3 is 0 Å². The van der Waals surface area contributed by atoms with Crippen molar-refractivity contribution < 1.29 is 17.9 Å². The standard InChI is InChI=1S/C20H24N2O4S/c1-3-20(23)22-11-10-15-8-9-18(12-17(15)13-22)21-27(24,25)14-16-6-4-5-7-19(16)26-2/h4-9,12,21H,3,10-11,13-14H2,1-2H3. The third-order valence-electron chi connectivity index (χ3n) is 4.69. The molecule has 0 atom stereocenters. The Morgan fingerprint density at radius 3 is 2.70 bits per heavy atom. The Bertz CT molecular complexity index is 941. The number of amides is 1. The molecule has 0 unspecified atom stereocenters. The van der Waals surface area contributed by atoms with Gasteiger partial charge in [-0.25, -0.2) is 8.42 Å². The minimum Gasteiger partial charge on any atom is -0.496 e. The predicted molar refractivity (Wildman–Crippen MR) is 105 cm³/mol. The normalized spacial score (nSPS) is 13.8. The zero-order valence-corrected chi connectivity index (χ0v) is 16.4. The number of fused-ring (bicyclic) bond motifs is 1. The molecular formula is C20H24N2O4S. The van der Waals surface area contributed by atoms with Crippen LogP contribution in [0.2, 0.25) is 0 Å². The fourth-order valence-corrected chi connectivity index (χ4v) is 4.51. The van der Waals surface area contributed by atoms with Crippen molar-refractivity contribution in [2.75, 3.05) is 18.4 Å². The van der Waals surface area contributed by atoms with E-state index in [1.54, 1.807) is 30.3 Å². The quantitative estimate of drug-likeness (QED) is 0.826. The summed E-state index contributed by atoms with van der Waals surface area (Å²) >= 11 is 0. The lowest BCUT2D eigenvalue weighted by Gasteiger charge is -2.29. The first-order valence-corrected chi connectivity index (χ1v) is 10.6. The van der Waals surface area contributed by atoms with Crippen molar-refractivity contribution in [1.29, 1.82) is 0 Å². The highest BCUT2D eigenvalue weighted by Crippen LogP contribution is 2.25. The highest BCUT2D eigenvalue weighted by Gasteiger charge is 2.21. The summed E-state index contributed by atoms with van der Waals surface area (Å²) in [7, 11) is -2.07. The number of sulfonamides is 1. The summed E-state index contributed by atoms with van der Waals surface area (Å²) < 4.78 is 33.1. The summed E-state index contributed by atoms with van der Waals surface area (Å²) in [5, 5.41) is 0. The van der Waals surface area contributed by atoms with E-state index in [0.717, 1.165) is 17.5 Å². The number of anilines is 1. The number of rotatable bonds is 6. The van der Waals surface area contributed by atoms with E-state index in [2.05, 4.69) is 4.72 Å². The van der Waals surface area contributed by atoms with Crippen LogP contribution in [0, 0.1) is 0 Å². The van der Waals surface area contributed by atoms with E-state index in [1.807, 2.05) is 24.0 Å². The zero-order chi connectivity index (χ0) is 19.4. The van der Waals surface area contributed by atoms with Gasteiger partial charge in [-0.2, -0.15) is 0 Å². The molecule has 1 amide bonds. The predicted octanol–water partition coefficient (Wildman–Crippen LogP) is 2.93. The van der Waals surface area contributed by atoms with E-state index in [9.17, 15) is 13.2 Å². The summed E-state index contributed by atoms with van der Waals surface area (Å²) in [4.78, 5) is 13.8. The van der Waals surface area contributed by atoms with Gasteiger partial charge in [-0.3, -0.25) is 9.52 Å². The molecule has 0 aromatic heterocycles. The van der Waals surface area contributed by atoms with Crippen LogP contribution in [0.5, 0.6) is 5.75 Å². The Balaban J connectivity index is 1.77. The summed E-state index contributed by atoms with van der Waals surface area (Å²) in [6.45, 7) is 3.07. The smallest absolute Gasteiger partial charge is 0.237 e. The minimum absolute atomic E-state index is 0.114. The number of nitrogens with zero attached hydrogens (tertiary/aromatic N) is 1. The van der Waals surface area contributed by atoms with Crippen molar-refractivity contribution in [1.82, 2.24) is 4.90 Å². The van der Waals surface area contributed by atoms with Gasteiger partial charge in [-0.15, -0.1) is 0 Å². The van der Waals surface area contributed by atoms with Crippen molar-refractivity contribution in [2.24, 2.45) is 0 Å². The molecule has 144 valence electrons. The molecule has 1 aliphatic heterocycles. The number of carbonyl (C=O) groups excluding carboxylic acids is 1. The topological polar surface area (TPSA) is 75.7 Å². The number of methoxy groups -OCH3 is 1. The number of ether oxygens (including phenoxy) is 1. The van der Waals surface area contributed by atoms with Crippen LogP contribution in [-0.4, -0.2) is 32.9 Å². The fourth-order valence-electron chi connectivity index (χ4n) is 3.30. The molecule has 1 heterocycles. The lowest BCUT2D eigenvalue weighted by atomic mass is 9.99. The number of hydrogen-bond donors (Lipinski definition) is 1. The van der Waals surface area contributed by atoms with Crippen molar-refractivity contribution in [3.63, 3.8) is 0 Å². The van der Waals surface area contributed by atoms with Crippen LogP contribution >= 0.6 is 0 Å². The molecule has 0 saturated carbocycles. The van der Waals surface area contributed by atoms with Gasteiger partial charge in [0.1, 0.15) is 5.75 Å². The Hall–Kier alpha value is -2.54. The Labute approximate surface area is 160 Å². The molecule has 2 aromatic carbocycles. The monoisotopic (exact) mass is 388 g/mol. The molecule has 3 rings (SSSR count). The van der Waals surface area contributed by atoms with E-state index >= 15 is 0 Å². The van der Waals surface area contributed by atoms with Gasteiger partial charge in [0.25, 0.3) is 0 Å². The van der Waals surface area contributed by atoms with E-state index in [0.29, 0.717) is 36.5 Å². The van der Waals surface area contributed by atoms with Crippen LogP contribution < -0.4 is 9.46 Å². The second-order valence-corrected chi connectivity index (χ2v) is 8.30. The van der Waals surface area contributed by atoms with Crippen LogP contribution in [0.3, 0.4) is 0 Å². The van der Waals surface area contributed by atoms with E-state index < -0.39 is 10.0 Å². The average molecular weight is 388 g/mol. The van der Waals surface area contributed by atoms with Crippen molar-refractivity contribution in [3.8, 4) is 5.75 Å². The number of carbonyl (C=O) groups is 1. The molecule has 6 nitrogen and oxygen atoms in total. The van der Waals surface area contributed by atoms with Crippen LogP contribution in [0.1, 0.15) is 30.0 Å². The molecule has 1 aliphatic rings. The minimum atomic E-state index is -3.59. The number of hydrogen-bond acceptors (Lipinski definition) is 4. The second kappa shape index (κ2) is 8.00. The summed E-state index contributed by atoms with van der Waals surface area (Å²) in [5.74, 6) is 0.485. The van der Waals surface area contributed by atoms with Gasteiger partial charge < -0.3 is 9.64 Å². The van der Waals surface area contributed by atoms with Gasteiger partial charge in [0.15, 0.2) is 0 Å². The van der Waals surface area contributed by atoms with Crippen molar-refractivity contribution in [2.45, 2.75) is 32.1 Å². The van der Waals surface area contributed by atoms with Gasteiger partial charge in [0, 0.05) is 30.8 Å². The fraction of sp³-hybridized carbons (Fsp3) is 0.350. The third-order valence-corrected chi connectivity index (χ3v) is 5.92. The Kier molecular flexibility index (Phi) is 5.70. The third kappa shape index (κ3) is 4.60. The van der Waals surface area contributed by atoms with Gasteiger partial charge in [-0.1, -0.05) is 31.2 Å². The number of para-hydroxylation sites is 1. The highest BCUT2D eigenvalue weighted by atomic mass is 32.2. The Morgan fingerprint density at radius 2 is 1.96 bits per heavy atom. The molecule has 0 radical (unpaired) electrons. The lowest BCUT2D eigenvalue weighted by Crippen LogP contribution is -2.35.